The van der Waals surface area contributed by atoms with Gasteiger partial charge in [-0.25, -0.2) is 4.79 Å². The summed E-state index contributed by atoms with van der Waals surface area (Å²) in [4.78, 5) is 14.3. The fraction of sp³-hybridized carbons (Fsp3) is 0.222. The van der Waals surface area contributed by atoms with E-state index in [1.807, 2.05) is 0 Å². The summed E-state index contributed by atoms with van der Waals surface area (Å²) in [6, 6.07) is 1.77. The molecule has 0 aliphatic carbocycles. The van der Waals surface area contributed by atoms with Crippen LogP contribution in [0.3, 0.4) is 0 Å². The van der Waals surface area contributed by atoms with Crippen molar-refractivity contribution >= 4 is 17.0 Å². The molecule has 5 heteroatoms. The first-order chi connectivity index (χ1) is 6.83. The smallest absolute Gasteiger partial charge is 0.340 e. The van der Waals surface area contributed by atoms with E-state index in [2.05, 4.69) is 15.2 Å². The van der Waals surface area contributed by atoms with Crippen molar-refractivity contribution in [3.63, 3.8) is 0 Å². The van der Waals surface area contributed by atoms with Crippen molar-refractivity contribution in [1.82, 2.24) is 15.2 Å². The third kappa shape index (κ3) is 1.32. The Balaban J connectivity index is 2.50. The second kappa shape index (κ2) is 3.45. The number of aromatic amines is 1. The summed E-state index contributed by atoms with van der Waals surface area (Å²) in [6.45, 7) is 2.12. The minimum atomic E-state index is -0.369. The Morgan fingerprint density at radius 2 is 2.50 bits per heavy atom. The van der Waals surface area contributed by atoms with Gasteiger partial charge in [0.15, 0.2) is 5.65 Å². The van der Waals surface area contributed by atoms with Gasteiger partial charge in [-0.05, 0) is 13.0 Å². The Labute approximate surface area is 80.1 Å². The number of ether oxygens (including phenoxy) is 1. The van der Waals surface area contributed by atoms with E-state index in [0.29, 0.717) is 17.8 Å². The van der Waals surface area contributed by atoms with E-state index in [0.717, 1.165) is 5.39 Å². The molecular formula is C9H9N3O2. The number of rotatable bonds is 2. The quantitative estimate of drug-likeness (QED) is 0.722. The van der Waals surface area contributed by atoms with Gasteiger partial charge in [-0.1, -0.05) is 0 Å². The molecule has 0 amide bonds. The molecule has 2 heterocycles. The zero-order valence-corrected chi connectivity index (χ0v) is 7.65. The second-order valence-corrected chi connectivity index (χ2v) is 2.72. The molecule has 72 valence electrons. The van der Waals surface area contributed by atoms with Gasteiger partial charge in [-0.2, -0.15) is 5.10 Å². The van der Waals surface area contributed by atoms with Gasteiger partial charge in [0.1, 0.15) is 0 Å². The van der Waals surface area contributed by atoms with Crippen molar-refractivity contribution in [2.45, 2.75) is 6.92 Å². The number of nitrogens with zero attached hydrogens (tertiary/aromatic N) is 2. The highest BCUT2D eigenvalue weighted by atomic mass is 16.5. The molecule has 0 saturated heterocycles. The van der Waals surface area contributed by atoms with Gasteiger partial charge in [0.25, 0.3) is 0 Å². The summed E-state index contributed by atoms with van der Waals surface area (Å²) < 4.78 is 4.88. The molecule has 0 atom stereocenters. The number of esters is 1. The first-order valence-electron chi connectivity index (χ1n) is 4.29. The highest BCUT2D eigenvalue weighted by Gasteiger charge is 2.12. The summed E-state index contributed by atoms with van der Waals surface area (Å²) in [5.41, 5.74) is 1.04. The van der Waals surface area contributed by atoms with Gasteiger partial charge in [0, 0.05) is 11.6 Å². The lowest BCUT2D eigenvalue weighted by atomic mass is 10.2. The van der Waals surface area contributed by atoms with Crippen LogP contribution >= 0.6 is 0 Å². The van der Waals surface area contributed by atoms with E-state index >= 15 is 0 Å². The van der Waals surface area contributed by atoms with Crippen LogP contribution in [0, 0.1) is 0 Å². The van der Waals surface area contributed by atoms with Crippen molar-refractivity contribution < 1.29 is 9.53 Å². The largest absolute Gasteiger partial charge is 0.462 e. The molecular weight excluding hydrogens is 182 g/mol. The van der Waals surface area contributed by atoms with Gasteiger partial charge in [0.2, 0.25) is 0 Å². The Morgan fingerprint density at radius 1 is 1.64 bits per heavy atom. The second-order valence-electron chi connectivity index (χ2n) is 2.72. The molecule has 0 spiro atoms. The van der Waals surface area contributed by atoms with Crippen LogP contribution in [0.1, 0.15) is 17.3 Å². The minimum absolute atomic E-state index is 0.354. The molecule has 0 saturated carbocycles. The van der Waals surface area contributed by atoms with E-state index in [4.69, 9.17) is 4.74 Å². The molecule has 0 aliphatic heterocycles. The van der Waals surface area contributed by atoms with Gasteiger partial charge < -0.3 is 9.72 Å². The molecule has 2 rings (SSSR count). The molecule has 1 N–H and O–H groups in total. The number of nitrogens with one attached hydrogen (secondary N) is 1. The predicted molar refractivity (Wildman–Crippen MR) is 49.8 cm³/mol. The number of carbonyl (C=O) groups excluding carboxylic acids is 1. The topological polar surface area (TPSA) is 67.9 Å². The zero-order valence-electron chi connectivity index (χ0n) is 7.65. The van der Waals surface area contributed by atoms with Crippen molar-refractivity contribution in [3.05, 3.63) is 24.0 Å². The van der Waals surface area contributed by atoms with Crippen molar-refractivity contribution in [2.24, 2.45) is 0 Å². The Hall–Kier alpha value is -1.91. The maximum absolute atomic E-state index is 11.5. The Kier molecular flexibility index (Phi) is 2.14. The Bertz CT molecular complexity index is 464. The van der Waals surface area contributed by atoms with Gasteiger partial charge in [-0.15, -0.1) is 5.10 Å². The van der Waals surface area contributed by atoms with Crippen molar-refractivity contribution in [2.75, 3.05) is 6.61 Å². The summed E-state index contributed by atoms with van der Waals surface area (Å²) in [6.07, 6.45) is 3.12. The van der Waals surface area contributed by atoms with Gasteiger partial charge in [-0.3, -0.25) is 0 Å². The first kappa shape index (κ1) is 8.68. The lowest BCUT2D eigenvalue weighted by molar-refractivity contribution is 0.0528. The Morgan fingerprint density at radius 3 is 3.29 bits per heavy atom. The molecule has 0 aliphatic rings. The van der Waals surface area contributed by atoms with Crippen LogP contribution in [0.4, 0.5) is 0 Å². The molecule has 2 aromatic heterocycles. The molecule has 0 bridgehead atoms. The average Bonchev–Trinajstić information content (AvgIpc) is 2.65. The summed E-state index contributed by atoms with van der Waals surface area (Å²) in [5, 5.41) is 8.27. The van der Waals surface area contributed by atoms with E-state index in [1.54, 1.807) is 19.2 Å². The third-order valence-corrected chi connectivity index (χ3v) is 1.86. The minimum Gasteiger partial charge on any atom is -0.462 e. The summed E-state index contributed by atoms with van der Waals surface area (Å²) in [7, 11) is 0. The molecule has 0 radical (unpaired) electrons. The molecule has 0 aromatic carbocycles. The van der Waals surface area contributed by atoms with Crippen LogP contribution < -0.4 is 0 Å². The number of carbonyl (C=O) groups is 1. The molecule has 5 nitrogen and oxygen atoms in total. The maximum atomic E-state index is 11.5. The molecule has 0 unspecified atom stereocenters. The van der Waals surface area contributed by atoms with E-state index in [9.17, 15) is 4.79 Å². The fourth-order valence-corrected chi connectivity index (χ4v) is 1.25. The van der Waals surface area contributed by atoms with Crippen molar-refractivity contribution in [1.29, 1.82) is 0 Å². The van der Waals surface area contributed by atoms with Gasteiger partial charge >= 0.3 is 5.97 Å². The number of aromatic nitrogens is 3. The SMILES string of the molecule is CCOC(=O)c1cnnc2[nH]ccc12. The van der Waals surface area contributed by atoms with Crippen LogP contribution in [0.25, 0.3) is 11.0 Å². The third-order valence-electron chi connectivity index (χ3n) is 1.86. The standard InChI is InChI=1S/C9H9N3O2/c1-2-14-9(13)7-5-11-12-8-6(7)3-4-10-8/h3-5H,2H2,1H3,(H,10,12). The predicted octanol–water partition coefficient (Wildman–Crippen LogP) is 1.13. The number of H-pyrrole nitrogens is 1. The summed E-state index contributed by atoms with van der Waals surface area (Å²) in [5.74, 6) is -0.369. The lowest BCUT2D eigenvalue weighted by Crippen LogP contribution is -2.06. The van der Waals surface area contributed by atoms with Crippen LogP contribution in [-0.2, 0) is 4.74 Å². The number of hydrogen-bond acceptors (Lipinski definition) is 4. The van der Waals surface area contributed by atoms with Crippen LogP contribution in [-0.4, -0.2) is 27.8 Å². The molecule has 14 heavy (non-hydrogen) atoms. The maximum Gasteiger partial charge on any atom is 0.340 e. The monoisotopic (exact) mass is 191 g/mol. The fourth-order valence-electron chi connectivity index (χ4n) is 1.25. The highest BCUT2D eigenvalue weighted by Crippen LogP contribution is 2.14. The van der Waals surface area contributed by atoms with E-state index in [-0.39, 0.29) is 5.97 Å². The average molecular weight is 191 g/mol. The lowest BCUT2D eigenvalue weighted by Gasteiger charge is -2.00. The van der Waals surface area contributed by atoms with E-state index in [1.165, 1.54) is 6.20 Å². The summed E-state index contributed by atoms with van der Waals surface area (Å²) >= 11 is 0. The highest BCUT2D eigenvalue weighted by molar-refractivity contribution is 6.02. The first-order valence-corrected chi connectivity index (χ1v) is 4.29. The normalized spacial score (nSPS) is 10.4. The van der Waals surface area contributed by atoms with Gasteiger partial charge in [0.05, 0.1) is 18.4 Å². The van der Waals surface area contributed by atoms with Crippen LogP contribution in [0.2, 0.25) is 0 Å². The number of hydrogen-bond donors (Lipinski definition) is 1. The van der Waals surface area contributed by atoms with E-state index < -0.39 is 0 Å². The zero-order chi connectivity index (χ0) is 9.97. The molecule has 2 aromatic rings. The number of fused-ring (bicyclic) bond motifs is 1. The van der Waals surface area contributed by atoms with Crippen LogP contribution in [0.5, 0.6) is 0 Å². The van der Waals surface area contributed by atoms with Crippen LogP contribution in [0.15, 0.2) is 18.5 Å². The van der Waals surface area contributed by atoms with Crippen molar-refractivity contribution in [3.8, 4) is 0 Å². The molecule has 0 fully saturated rings.